The molecule has 2 fully saturated rings. The molecule has 2 saturated heterocycles. The van der Waals surface area contributed by atoms with E-state index >= 15 is 0 Å². The minimum absolute atomic E-state index is 0.135. The fraction of sp³-hybridized carbons (Fsp3) is 0.227. The van der Waals surface area contributed by atoms with E-state index in [0.717, 1.165) is 12.1 Å². The average Bonchev–Trinajstić information content (AvgIpc) is 3.37. The summed E-state index contributed by atoms with van der Waals surface area (Å²) in [6.07, 6.45) is -0.230. The number of amides is 7. The van der Waals surface area contributed by atoms with Crippen LogP contribution in [0.4, 0.5) is 31.0 Å². The summed E-state index contributed by atoms with van der Waals surface area (Å²) < 4.78 is 20.0. The Kier molecular flexibility index (Phi) is 6.67. The van der Waals surface area contributed by atoms with Gasteiger partial charge in [0.15, 0.2) is 0 Å². The Morgan fingerprint density at radius 3 is 2.43 bits per heavy atom. The van der Waals surface area contributed by atoms with Gasteiger partial charge in [-0.05, 0) is 36.4 Å². The molecule has 0 aliphatic carbocycles. The largest absolute Gasteiger partial charge is 0.380 e. The van der Waals surface area contributed by atoms with E-state index in [2.05, 4.69) is 10.6 Å². The van der Waals surface area contributed by atoms with Gasteiger partial charge in [0, 0.05) is 36.9 Å². The van der Waals surface area contributed by atoms with Gasteiger partial charge in [-0.25, -0.2) is 18.9 Å². The Morgan fingerprint density at radius 1 is 1.11 bits per heavy atom. The predicted molar refractivity (Wildman–Crippen MR) is 122 cm³/mol. The van der Waals surface area contributed by atoms with Crippen LogP contribution in [0.2, 0.25) is 5.02 Å². The second-order valence-electron chi connectivity index (χ2n) is 7.75. The second kappa shape index (κ2) is 9.68. The first-order chi connectivity index (χ1) is 16.7. The Balaban J connectivity index is 1.48. The lowest BCUT2D eigenvalue weighted by atomic mass is 10.1. The summed E-state index contributed by atoms with van der Waals surface area (Å²) in [7, 11) is 1.46. The number of carbonyl (C=O) groups is 5. The number of carbonyl (C=O) groups excluding carboxylic acids is 5. The minimum Gasteiger partial charge on any atom is -0.380 e. The normalized spacial score (nSPS) is 19.7. The van der Waals surface area contributed by atoms with Gasteiger partial charge < -0.3 is 20.3 Å². The van der Waals surface area contributed by atoms with E-state index < -0.39 is 47.7 Å². The molecule has 0 radical (unpaired) electrons. The highest BCUT2D eigenvalue weighted by Crippen LogP contribution is 2.27. The van der Waals surface area contributed by atoms with Crippen molar-refractivity contribution in [3.05, 3.63) is 53.3 Å². The zero-order chi connectivity index (χ0) is 25.3. The van der Waals surface area contributed by atoms with Crippen molar-refractivity contribution in [1.29, 1.82) is 0 Å². The van der Waals surface area contributed by atoms with Crippen molar-refractivity contribution in [2.45, 2.75) is 18.6 Å². The summed E-state index contributed by atoms with van der Waals surface area (Å²) in [6, 6.07) is 7.08. The van der Waals surface area contributed by atoms with Crippen LogP contribution in [0.5, 0.6) is 0 Å². The monoisotopic (exact) mass is 503 g/mol. The maximum absolute atomic E-state index is 14.7. The summed E-state index contributed by atoms with van der Waals surface area (Å²) in [5.41, 5.74) is 0.0502. The van der Waals surface area contributed by atoms with Crippen molar-refractivity contribution in [2.75, 3.05) is 29.2 Å². The molecule has 2 aliphatic rings. The molecule has 2 aromatic carbocycles. The van der Waals surface area contributed by atoms with Crippen molar-refractivity contribution in [3.8, 4) is 0 Å². The Morgan fingerprint density at radius 2 is 1.83 bits per heavy atom. The molecule has 0 spiro atoms. The summed E-state index contributed by atoms with van der Waals surface area (Å²) in [4.78, 5) is 62.5. The molecule has 35 heavy (non-hydrogen) atoms. The lowest BCUT2D eigenvalue weighted by Gasteiger charge is -2.24. The van der Waals surface area contributed by atoms with E-state index in [-0.39, 0.29) is 24.3 Å². The third kappa shape index (κ3) is 4.93. The highest BCUT2D eigenvalue weighted by Gasteiger charge is 2.41. The molecule has 3 N–H and O–H groups in total. The molecule has 0 saturated carbocycles. The summed E-state index contributed by atoms with van der Waals surface area (Å²) >= 11 is 5.86. The minimum atomic E-state index is -1.15. The van der Waals surface area contributed by atoms with Crippen LogP contribution in [-0.4, -0.2) is 60.5 Å². The molecule has 2 aliphatic heterocycles. The first-order valence-corrected chi connectivity index (χ1v) is 10.7. The number of halogens is 2. The maximum atomic E-state index is 14.7. The summed E-state index contributed by atoms with van der Waals surface area (Å²) in [5.74, 6) is -3.88. The lowest BCUT2D eigenvalue weighted by molar-refractivity contribution is -0.134. The Bertz CT molecular complexity index is 1220. The van der Waals surface area contributed by atoms with Crippen molar-refractivity contribution in [1.82, 2.24) is 10.2 Å². The predicted octanol–water partition coefficient (Wildman–Crippen LogP) is 2.32. The molecule has 2 unspecified atom stereocenters. The molecular weight excluding hydrogens is 485 g/mol. The highest BCUT2D eigenvalue weighted by molar-refractivity contribution is 6.53. The van der Waals surface area contributed by atoms with Gasteiger partial charge in [0.1, 0.15) is 11.9 Å². The number of hydrogen-bond acceptors (Lipinski definition) is 6. The molecule has 0 aromatic heterocycles. The third-order valence-corrected chi connectivity index (χ3v) is 5.80. The highest BCUT2D eigenvalue weighted by atomic mass is 35.5. The molecule has 2 aromatic rings. The third-order valence-electron chi connectivity index (χ3n) is 5.54. The topological polar surface area (TPSA) is 137 Å². The van der Waals surface area contributed by atoms with Crippen LogP contribution in [0.3, 0.4) is 0 Å². The lowest BCUT2D eigenvalue weighted by Crippen LogP contribution is -2.45. The van der Waals surface area contributed by atoms with Crippen LogP contribution in [0.15, 0.2) is 42.5 Å². The van der Waals surface area contributed by atoms with E-state index in [1.54, 1.807) is 24.3 Å². The number of rotatable bonds is 5. The molecular formula is C22H19ClFN5O6. The first kappa shape index (κ1) is 24.1. The van der Waals surface area contributed by atoms with Gasteiger partial charge in [-0.1, -0.05) is 11.6 Å². The van der Waals surface area contributed by atoms with Crippen LogP contribution in [0.25, 0.3) is 0 Å². The van der Waals surface area contributed by atoms with Crippen LogP contribution in [0.1, 0.15) is 6.42 Å². The van der Waals surface area contributed by atoms with Gasteiger partial charge in [-0.15, -0.1) is 0 Å². The molecule has 11 nitrogen and oxygen atoms in total. The maximum Gasteiger partial charge on any atom is 0.336 e. The molecule has 7 amide bonds. The van der Waals surface area contributed by atoms with Crippen molar-refractivity contribution < 1.29 is 33.1 Å². The van der Waals surface area contributed by atoms with Crippen LogP contribution < -0.4 is 20.9 Å². The number of ether oxygens (including phenoxy) is 1. The zero-order valence-corrected chi connectivity index (χ0v) is 19.0. The van der Waals surface area contributed by atoms with Crippen molar-refractivity contribution in [3.63, 3.8) is 0 Å². The van der Waals surface area contributed by atoms with E-state index in [1.807, 2.05) is 5.32 Å². The number of anilines is 3. The van der Waals surface area contributed by atoms with Gasteiger partial charge in [0.25, 0.3) is 0 Å². The van der Waals surface area contributed by atoms with Crippen LogP contribution >= 0.6 is 11.6 Å². The molecule has 182 valence electrons. The molecule has 2 atom stereocenters. The SMILES string of the molecule is COC1CC(C(=O)Nc2ccc(N3C(=O)NC(=O)C3=O)cc2F)N(C(=O)Nc2ccc(Cl)cc2)C1. The number of imide groups is 2. The number of likely N-dealkylation sites (tertiary alicyclic amines) is 1. The van der Waals surface area contributed by atoms with Gasteiger partial charge in [0.05, 0.1) is 17.5 Å². The number of nitrogens with zero attached hydrogens (tertiary/aromatic N) is 2. The molecule has 0 bridgehead atoms. The summed E-state index contributed by atoms with van der Waals surface area (Å²) in [6.45, 7) is 0.135. The van der Waals surface area contributed by atoms with E-state index in [9.17, 15) is 28.4 Å². The van der Waals surface area contributed by atoms with Gasteiger partial charge in [-0.2, -0.15) is 0 Å². The van der Waals surface area contributed by atoms with E-state index in [4.69, 9.17) is 16.3 Å². The Labute approximate surface area is 203 Å². The zero-order valence-electron chi connectivity index (χ0n) is 18.2. The second-order valence-corrected chi connectivity index (χ2v) is 8.19. The summed E-state index contributed by atoms with van der Waals surface area (Å²) in [5, 5.41) is 7.41. The first-order valence-electron chi connectivity index (χ1n) is 10.3. The average molecular weight is 504 g/mol. The van der Waals surface area contributed by atoms with Crippen molar-refractivity contribution in [2.24, 2.45) is 0 Å². The quantitative estimate of drug-likeness (QED) is 0.423. The fourth-order valence-corrected chi connectivity index (χ4v) is 3.89. The fourth-order valence-electron chi connectivity index (χ4n) is 3.76. The van der Waals surface area contributed by atoms with Crippen molar-refractivity contribution >= 4 is 58.4 Å². The van der Waals surface area contributed by atoms with Gasteiger partial charge >= 0.3 is 23.9 Å². The number of nitrogens with one attached hydrogen (secondary N) is 3. The van der Waals surface area contributed by atoms with E-state index in [1.165, 1.54) is 18.1 Å². The number of benzene rings is 2. The number of methoxy groups -OCH3 is 1. The standard InChI is InChI=1S/C22H19ClFN5O6/c1-35-14-9-17(28(10-14)21(33)25-12-4-2-11(23)3-5-12)18(30)26-16-7-6-13(8-15(16)24)29-20(32)19(31)27-22(29)34/h2-8,14,17H,9-10H2,1H3,(H,25,33)(H,26,30)(H,27,31,34). The van der Waals surface area contributed by atoms with Gasteiger partial charge in [0.2, 0.25) is 5.91 Å². The van der Waals surface area contributed by atoms with Gasteiger partial charge in [-0.3, -0.25) is 19.7 Å². The number of urea groups is 2. The van der Waals surface area contributed by atoms with E-state index in [0.29, 0.717) is 15.6 Å². The van der Waals surface area contributed by atoms with Crippen LogP contribution in [-0.2, 0) is 19.1 Å². The smallest absolute Gasteiger partial charge is 0.336 e. The molecule has 2 heterocycles. The number of hydrogen-bond donors (Lipinski definition) is 3. The van der Waals surface area contributed by atoms with Crippen LogP contribution in [0, 0.1) is 5.82 Å². The Hall–Kier alpha value is -4.03. The molecule has 4 rings (SSSR count). The molecule has 13 heteroatoms.